The van der Waals surface area contributed by atoms with E-state index >= 15 is 0 Å². The molecule has 0 aliphatic carbocycles. The summed E-state index contributed by atoms with van der Waals surface area (Å²) in [6.07, 6.45) is 1.60. The second-order valence-electron chi connectivity index (χ2n) is 5.45. The molecule has 1 amide bonds. The first kappa shape index (κ1) is 16.9. The molecule has 0 radical (unpaired) electrons. The van der Waals surface area contributed by atoms with Crippen molar-refractivity contribution in [2.24, 2.45) is 0 Å². The lowest BCUT2D eigenvalue weighted by Crippen LogP contribution is -2.28. The van der Waals surface area contributed by atoms with Crippen LogP contribution in [-0.4, -0.2) is 34.8 Å². The predicted octanol–water partition coefficient (Wildman–Crippen LogP) is 3.72. The number of phenols is 1. The van der Waals surface area contributed by atoms with E-state index < -0.39 is 0 Å². The van der Waals surface area contributed by atoms with E-state index in [1.807, 2.05) is 0 Å². The molecule has 6 nitrogen and oxygen atoms in total. The van der Waals surface area contributed by atoms with Crippen molar-refractivity contribution in [3.8, 4) is 17.1 Å². The number of aromatic hydroxyl groups is 1. The third-order valence-corrected chi connectivity index (χ3v) is 3.61. The van der Waals surface area contributed by atoms with Gasteiger partial charge >= 0.3 is 6.09 Å². The van der Waals surface area contributed by atoms with Gasteiger partial charge in [-0.1, -0.05) is 18.5 Å². The molecule has 0 saturated heterocycles. The van der Waals surface area contributed by atoms with Crippen LogP contribution in [0.2, 0.25) is 0 Å². The number of rotatable bonds is 6. The Kier molecular flexibility index (Phi) is 5.62. The van der Waals surface area contributed by atoms with Gasteiger partial charge in [-0.05, 0) is 37.6 Å². The van der Waals surface area contributed by atoms with Crippen LogP contribution in [0.3, 0.4) is 0 Å². The highest BCUT2D eigenvalue weighted by atomic mass is 16.6. The number of hydrogen-bond donors (Lipinski definition) is 1. The zero-order valence-corrected chi connectivity index (χ0v) is 13.7. The molecule has 1 aromatic carbocycles. The molecular formula is C17H22N2O4. The van der Waals surface area contributed by atoms with Gasteiger partial charge in [-0.15, -0.1) is 0 Å². The standard InChI is InChI=1S/C17H22N2O4/c1-4-5-10-19(3)17(21)22-11-15-12(2)18-23-16(15)13-6-8-14(20)9-7-13/h6-9,20H,4-5,10-11H2,1-3H3. The highest BCUT2D eigenvalue weighted by Gasteiger charge is 2.18. The van der Waals surface area contributed by atoms with Gasteiger partial charge in [0.2, 0.25) is 0 Å². The maximum Gasteiger partial charge on any atom is 0.409 e. The van der Waals surface area contributed by atoms with Crippen molar-refractivity contribution in [1.82, 2.24) is 10.1 Å². The van der Waals surface area contributed by atoms with E-state index in [4.69, 9.17) is 9.26 Å². The molecule has 0 fully saturated rings. The number of unbranched alkanes of at least 4 members (excludes halogenated alkanes) is 1. The van der Waals surface area contributed by atoms with Crippen molar-refractivity contribution in [1.29, 1.82) is 0 Å². The molecule has 6 heteroatoms. The van der Waals surface area contributed by atoms with Gasteiger partial charge in [-0.2, -0.15) is 0 Å². The van der Waals surface area contributed by atoms with Crippen molar-refractivity contribution >= 4 is 6.09 Å². The lowest BCUT2D eigenvalue weighted by Gasteiger charge is -2.16. The summed E-state index contributed by atoms with van der Waals surface area (Å²) in [6, 6.07) is 6.60. The van der Waals surface area contributed by atoms with Crippen molar-refractivity contribution < 1.29 is 19.2 Å². The summed E-state index contributed by atoms with van der Waals surface area (Å²) in [6.45, 7) is 4.64. The third kappa shape index (κ3) is 4.25. The van der Waals surface area contributed by atoms with E-state index in [1.54, 1.807) is 43.1 Å². The van der Waals surface area contributed by atoms with Gasteiger partial charge in [0, 0.05) is 19.2 Å². The lowest BCUT2D eigenvalue weighted by atomic mass is 10.1. The van der Waals surface area contributed by atoms with Gasteiger partial charge in [0.15, 0.2) is 5.76 Å². The van der Waals surface area contributed by atoms with Crippen molar-refractivity contribution in [3.63, 3.8) is 0 Å². The summed E-state index contributed by atoms with van der Waals surface area (Å²) in [5.74, 6) is 0.724. The summed E-state index contributed by atoms with van der Waals surface area (Å²) in [5.41, 5.74) is 2.18. The van der Waals surface area contributed by atoms with Crippen molar-refractivity contribution in [2.75, 3.05) is 13.6 Å². The molecule has 0 bridgehead atoms. The fraction of sp³-hybridized carbons (Fsp3) is 0.412. The first-order valence-electron chi connectivity index (χ1n) is 7.65. The maximum atomic E-state index is 12.0. The Labute approximate surface area is 135 Å². The van der Waals surface area contributed by atoms with E-state index in [9.17, 15) is 9.90 Å². The summed E-state index contributed by atoms with van der Waals surface area (Å²) >= 11 is 0. The topological polar surface area (TPSA) is 75.8 Å². The fourth-order valence-corrected chi connectivity index (χ4v) is 2.13. The number of phenolic OH excluding ortho intramolecular Hbond substituents is 1. The SMILES string of the molecule is CCCCN(C)C(=O)OCc1c(C)noc1-c1ccc(O)cc1. The average molecular weight is 318 g/mol. The Bertz CT molecular complexity index is 649. The highest BCUT2D eigenvalue weighted by molar-refractivity contribution is 5.68. The van der Waals surface area contributed by atoms with Crippen LogP contribution in [0.4, 0.5) is 4.79 Å². The summed E-state index contributed by atoms with van der Waals surface area (Å²) in [4.78, 5) is 13.5. The minimum Gasteiger partial charge on any atom is -0.508 e. The Hall–Kier alpha value is -2.50. The van der Waals surface area contributed by atoms with Gasteiger partial charge in [0.05, 0.1) is 11.3 Å². The first-order chi connectivity index (χ1) is 11.0. The normalized spacial score (nSPS) is 10.6. The lowest BCUT2D eigenvalue weighted by molar-refractivity contribution is 0.104. The molecule has 0 atom stereocenters. The largest absolute Gasteiger partial charge is 0.508 e. The number of hydrogen-bond acceptors (Lipinski definition) is 5. The van der Waals surface area contributed by atoms with E-state index in [-0.39, 0.29) is 18.4 Å². The summed E-state index contributed by atoms with van der Waals surface area (Å²) in [5, 5.41) is 13.3. The van der Waals surface area contributed by atoms with Crippen LogP contribution in [0.1, 0.15) is 31.0 Å². The van der Waals surface area contributed by atoms with Gasteiger partial charge in [0.25, 0.3) is 0 Å². The van der Waals surface area contributed by atoms with Gasteiger partial charge in [-0.25, -0.2) is 4.79 Å². The second-order valence-corrected chi connectivity index (χ2v) is 5.45. The monoisotopic (exact) mass is 318 g/mol. The molecule has 124 valence electrons. The Morgan fingerprint density at radius 3 is 2.70 bits per heavy atom. The minimum atomic E-state index is -0.365. The number of carbonyl (C=O) groups excluding carboxylic acids is 1. The summed E-state index contributed by atoms with van der Waals surface area (Å²) < 4.78 is 10.7. The fourth-order valence-electron chi connectivity index (χ4n) is 2.13. The zero-order chi connectivity index (χ0) is 16.8. The van der Waals surface area contributed by atoms with Gasteiger partial charge in [-0.3, -0.25) is 0 Å². The molecule has 0 spiro atoms. The molecule has 2 aromatic rings. The Morgan fingerprint density at radius 1 is 1.35 bits per heavy atom. The van der Waals surface area contributed by atoms with E-state index in [0.717, 1.165) is 24.0 Å². The number of ether oxygens (including phenoxy) is 1. The number of nitrogens with zero attached hydrogens (tertiary/aromatic N) is 2. The molecule has 23 heavy (non-hydrogen) atoms. The van der Waals surface area contributed by atoms with Crippen LogP contribution in [0, 0.1) is 6.92 Å². The van der Waals surface area contributed by atoms with Crippen molar-refractivity contribution in [3.05, 3.63) is 35.5 Å². The second kappa shape index (κ2) is 7.67. The molecule has 0 aliphatic rings. The molecule has 0 unspecified atom stereocenters. The molecule has 0 saturated carbocycles. The number of aromatic nitrogens is 1. The highest BCUT2D eigenvalue weighted by Crippen LogP contribution is 2.28. The quantitative estimate of drug-likeness (QED) is 0.878. The molecular weight excluding hydrogens is 296 g/mol. The van der Waals surface area contributed by atoms with Gasteiger partial charge in [0.1, 0.15) is 12.4 Å². The zero-order valence-electron chi connectivity index (χ0n) is 13.7. The van der Waals surface area contributed by atoms with Crippen LogP contribution in [0.5, 0.6) is 5.75 Å². The maximum absolute atomic E-state index is 12.0. The molecule has 2 rings (SSSR count). The molecule has 1 N–H and O–H groups in total. The average Bonchev–Trinajstić information content (AvgIpc) is 2.91. The molecule has 1 heterocycles. The number of aryl methyl sites for hydroxylation is 1. The minimum absolute atomic E-state index is 0.0981. The van der Waals surface area contributed by atoms with E-state index in [1.165, 1.54) is 0 Å². The van der Waals surface area contributed by atoms with Gasteiger partial charge < -0.3 is 19.3 Å². The van der Waals surface area contributed by atoms with Crippen LogP contribution in [-0.2, 0) is 11.3 Å². The summed E-state index contributed by atoms with van der Waals surface area (Å²) in [7, 11) is 1.72. The molecule has 1 aromatic heterocycles. The Morgan fingerprint density at radius 2 is 2.04 bits per heavy atom. The third-order valence-electron chi connectivity index (χ3n) is 3.61. The number of carbonyl (C=O) groups is 1. The van der Waals surface area contributed by atoms with Crippen LogP contribution in [0.15, 0.2) is 28.8 Å². The van der Waals surface area contributed by atoms with Crippen LogP contribution in [0.25, 0.3) is 11.3 Å². The number of benzene rings is 1. The molecule has 0 aliphatic heterocycles. The predicted molar refractivity (Wildman–Crippen MR) is 86.1 cm³/mol. The van der Waals surface area contributed by atoms with E-state index in [0.29, 0.717) is 18.0 Å². The van der Waals surface area contributed by atoms with Crippen molar-refractivity contribution in [2.45, 2.75) is 33.3 Å². The smallest absolute Gasteiger partial charge is 0.409 e. The van der Waals surface area contributed by atoms with E-state index in [2.05, 4.69) is 12.1 Å². The van der Waals surface area contributed by atoms with Crippen LogP contribution >= 0.6 is 0 Å². The Balaban J connectivity index is 2.07. The van der Waals surface area contributed by atoms with Crippen LogP contribution < -0.4 is 0 Å². The number of amides is 1. The first-order valence-corrected chi connectivity index (χ1v) is 7.65.